The Hall–Kier alpha value is -2.36. The van der Waals surface area contributed by atoms with E-state index in [1.807, 2.05) is 0 Å². The van der Waals surface area contributed by atoms with Gasteiger partial charge < -0.3 is 4.74 Å². The Morgan fingerprint density at radius 3 is 2.40 bits per heavy atom. The third-order valence-electron chi connectivity index (χ3n) is 2.92. The Bertz CT molecular complexity index is 752. The molecule has 0 radical (unpaired) electrons. The van der Waals surface area contributed by atoms with Gasteiger partial charge in [-0.1, -0.05) is 18.2 Å². The minimum Gasteiger partial charge on any atom is -0.445 e. The molecule has 1 aromatic carbocycles. The predicted molar refractivity (Wildman–Crippen MR) is 77.5 cm³/mol. The predicted octanol–water partition coefficient (Wildman–Crippen LogP) is 5.02. The molecule has 0 N–H and O–H groups in total. The highest BCUT2D eigenvalue weighted by Crippen LogP contribution is 2.42. The summed E-state index contributed by atoms with van der Waals surface area (Å²) < 4.78 is 82.6. The quantitative estimate of drug-likeness (QED) is 0.424. The van der Waals surface area contributed by atoms with Crippen molar-refractivity contribution in [3.63, 3.8) is 0 Å². The van der Waals surface area contributed by atoms with Crippen LogP contribution in [-0.4, -0.2) is 17.1 Å². The fourth-order valence-corrected chi connectivity index (χ4v) is 2.43. The van der Waals surface area contributed by atoms with E-state index in [2.05, 4.69) is 9.72 Å². The monoisotopic (exact) mass is 381 g/mol. The molecule has 0 saturated carbocycles. The summed E-state index contributed by atoms with van der Waals surface area (Å²) in [6.45, 7) is 0. The lowest BCUT2D eigenvalue weighted by Gasteiger charge is -2.23. The third kappa shape index (κ3) is 5.05. The fourth-order valence-electron chi connectivity index (χ4n) is 1.90. The summed E-state index contributed by atoms with van der Waals surface area (Å²) in [7, 11) is 0. The van der Waals surface area contributed by atoms with Crippen molar-refractivity contribution in [2.45, 2.75) is 18.5 Å². The first-order valence-electron chi connectivity index (χ1n) is 6.59. The number of ether oxygens (including phenoxy) is 1. The summed E-state index contributed by atoms with van der Waals surface area (Å²) in [5.41, 5.74) is -0.962. The van der Waals surface area contributed by atoms with Crippen LogP contribution in [0.1, 0.15) is 22.9 Å². The molecule has 0 spiro atoms. The van der Waals surface area contributed by atoms with Crippen molar-refractivity contribution in [2.75, 3.05) is 0 Å². The summed E-state index contributed by atoms with van der Waals surface area (Å²) in [6.07, 6.45) is -11.5. The van der Waals surface area contributed by atoms with Crippen molar-refractivity contribution >= 4 is 23.4 Å². The summed E-state index contributed by atoms with van der Waals surface area (Å²) in [4.78, 5) is 15.4. The molecule has 0 aliphatic rings. The number of carbonyl (C=O) groups is 1. The summed E-state index contributed by atoms with van der Waals surface area (Å²) >= 11 is 1.19. The number of hydrogen-bond acceptors (Lipinski definition) is 4. The maximum atomic E-state index is 13.2. The van der Waals surface area contributed by atoms with Crippen LogP contribution in [0.2, 0.25) is 0 Å². The van der Waals surface area contributed by atoms with Crippen molar-refractivity contribution in [2.24, 2.45) is 0 Å². The molecular weight excluding hydrogens is 372 g/mol. The number of hydrogen-bond donors (Lipinski definition) is 0. The number of halogens is 6. The number of thiazole rings is 1. The number of nitrogens with zero attached hydrogens (tertiary/aromatic N) is 1. The topological polar surface area (TPSA) is 39.2 Å². The Morgan fingerprint density at radius 2 is 1.84 bits per heavy atom. The molecule has 0 bridgehead atoms. The van der Waals surface area contributed by atoms with Crippen molar-refractivity contribution in [3.05, 3.63) is 58.1 Å². The van der Waals surface area contributed by atoms with E-state index in [4.69, 9.17) is 0 Å². The molecule has 3 nitrogen and oxygen atoms in total. The Morgan fingerprint density at radius 1 is 1.16 bits per heavy atom. The number of carbonyl (C=O) groups excluding carboxylic acids is 1. The van der Waals surface area contributed by atoms with Gasteiger partial charge in [0.15, 0.2) is 0 Å². The smallest absolute Gasteiger partial charge is 0.429 e. The maximum absolute atomic E-state index is 13.2. The van der Waals surface area contributed by atoms with E-state index in [0.29, 0.717) is 23.9 Å². The molecule has 0 saturated heterocycles. The van der Waals surface area contributed by atoms with E-state index in [9.17, 15) is 31.1 Å². The zero-order valence-corrected chi connectivity index (χ0v) is 13.0. The van der Waals surface area contributed by atoms with Gasteiger partial charge in [-0.05, 0) is 12.1 Å². The van der Waals surface area contributed by atoms with Gasteiger partial charge in [0.2, 0.25) is 6.10 Å². The second kappa shape index (κ2) is 7.26. The molecule has 134 valence electrons. The highest BCUT2D eigenvalue weighted by molar-refractivity contribution is 7.07. The summed E-state index contributed by atoms with van der Waals surface area (Å²) in [6, 6.07) is 3.07. The van der Waals surface area contributed by atoms with Crippen molar-refractivity contribution in [1.29, 1.82) is 0 Å². The highest BCUT2D eigenvalue weighted by atomic mass is 32.1. The van der Waals surface area contributed by atoms with Gasteiger partial charge in [0.25, 0.3) is 0 Å². The molecule has 2 rings (SSSR count). The van der Waals surface area contributed by atoms with Gasteiger partial charge >= 0.3 is 18.3 Å². The van der Waals surface area contributed by atoms with Crippen molar-refractivity contribution in [1.82, 2.24) is 4.98 Å². The van der Waals surface area contributed by atoms with Crippen LogP contribution in [0.25, 0.3) is 6.08 Å². The minimum absolute atomic E-state index is 0.307. The molecule has 0 aliphatic heterocycles. The Kier molecular flexibility index (Phi) is 5.51. The molecule has 0 amide bonds. The van der Waals surface area contributed by atoms with Gasteiger partial charge in [0, 0.05) is 17.0 Å². The second-order valence-electron chi connectivity index (χ2n) is 4.69. The molecule has 2 aromatic rings. The lowest BCUT2D eigenvalue weighted by molar-refractivity contribution is -0.223. The van der Waals surface area contributed by atoms with Crippen LogP contribution in [0.15, 0.2) is 41.2 Å². The molecular formula is C15H9F6NO2S. The third-order valence-corrected chi connectivity index (χ3v) is 3.53. The van der Waals surface area contributed by atoms with Gasteiger partial charge in [0.05, 0.1) is 16.8 Å². The van der Waals surface area contributed by atoms with Crippen LogP contribution in [0.4, 0.5) is 26.3 Å². The van der Waals surface area contributed by atoms with Crippen LogP contribution in [-0.2, 0) is 15.7 Å². The van der Waals surface area contributed by atoms with Gasteiger partial charge in [-0.2, -0.15) is 26.3 Å². The molecule has 0 fully saturated rings. The van der Waals surface area contributed by atoms with Crippen LogP contribution < -0.4 is 0 Å². The van der Waals surface area contributed by atoms with E-state index in [1.165, 1.54) is 22.2 Å². The van der Waals surface area contributed by atoms with Gasteiger partial charge in [-0.25, -0.2) is 9.78 Å². The van der Waals surface area contributed by atoms with Gasteiger partial charge in [-0.3, -0.25) is 0 Å². The highest BCUT2D eigenvalue weighted by Gasteiger charge is 2.48. The standard InChI is InChI=1S/C15H9F6NO2S/c16-14(17,18)11-4-2-1-3-10(11)13(15(19,20)21)24-12(23)6-5-9-7-25-8-22-9/h1-8,13H/b6-5+/t13-/m1/s1. The number of benzene rings is 1. The zero-order chi connectivity index (χ0) is 18.7. The first-order chi connectivity index (χ1) is 11.6. The largest absolute Gasteiger partial charge is 0.445 e. The van der Waals surface area contributed by atoms with Crippen LogP contribution in [0.3, 0.4) is 0 Å². The van der Waals surface area contributed by atoms with Crippen LogP contribution in [0, 0.1) is 0 Å². The Balaban J connectivity index is 2.31. The molecule has 10 heteroatoms. The molecule has 0 aliphatic carbocycles. The van der Waals surface area contributed by atoms with E-state index in [0.717, 1.165) is 18.2 Å². The van der Waals surface area contributed by atoms with Crippen LogP contribution >= 0.6 is 11.3 Å². The van der Waals surface area contributed by atoms with E-state index in [-0.39, 0.29) is 0 Å². The molecule has 25 heavy (non-hydrogen) atoms. The normalized spacial score (nSPS) is 13.8. The summed E-state index contributed by atoms with van der Waals surface area (Å²) in [5.74, 6) is -1.44. The van der Waals surface area contributed by atoms with Gasteiger partial charge in [-0.15, -0.1) is 11.3 Å². The van der Waals surface area contributed by atoms with Crippen molar-refractivity contribution < 1.29 is 35.9 Å². The van der Waals surface area contributed by atoms with Gasteiger partial charge in [0.1, 0.15) is 0 Å². The lowest BCUT2D eigenvalue weighted by atomic mass is 10.0. The number of rotatable bonds is 4. The number of alkyl halides is 6. The zero-order valence-electron chi connectivity index (χ0n) is 12.1. The number of aromatic nitrogens is 1. The van der Waals surface area contributed by atoms with E-state index in [1.54, 1.807) is 0 Å². The first kappa shape index (κ1) is 19.0. The average Bonchev–Trinajstić information content (AvgIpc) is 3.02. The SMILES string of the molecule is O=C(/C=C/c1cscn1)O[C@H](c1ccccc1C(F)(F)F)C(F)(F)F. The fraction of sp³-hybridized carbons (Fsp3) is 0.200. The number of esters is 1. The molecule has 0 unspecified atom stereocenters. The minimum atomic E-state index is -5.22. The molecule has 1 heterocycles. The average molecular weight is 381 g/mol. The van der Waals surface area contributed by atoms with E-state index < -0.39 is 35.6 Å². The van der Waals surface area contributed by atoms with E-state index >= 15 is 0 Å². The molecule has 1 aromatic heterocycles. The van der Waals surface area contributed by atoms with Crippen molar-refractivity contribution in [3.8, 4) is 0 Å². The van der Waals surface area contributed by atoms with Crippen LogP contribution in [0.5, 0.6) is 0 Å². The second-order valence-corrected chi connectivity index (χ2v) is 5.41. The summed E-state index contributed by atoms with van der Waals surface area (Å²) in [5, 5.41) is 1.52. The first-order valence-corrected chi connectivity index (χ1v) is 7.53. The Labute approximate surface area is 141 Å². The molecule has 1 atom stereocenters. The maximum Gasteiger partial charge on any atom is 0.429 e. The lowest BCUT2D eigenvalue weighted by Crippen LogP contribution is -2.28.